The van der Waals surface area contributed by atoms with Crippen LogP contribution in [0.2, 0.25) is 0 Å². The van der Waals surface area contributed by atoms with Crippen LogP contribution >= 0.6 is 0 Å². The normalized spacial score (nSPS) is 15.0. The molecular weight excluding hydrogens is 1250 g/mol. The predicted octanol–water partition coefficient (Wildman–Crippen LogP) is 15.3. The second kappa shape index (κ2) is 26.5. The molecule has 3 aliphatic rings. The minimum atomic E-state index is -0.953. The lowest BCUT2D eigenvalue weighted by Gasteiger charge is -2.40. The van der Waals surface area contributed by atoms with E-state index in [1.54, 1.807) is 36.4 Å². The fraction of sp³-hybridized carbons (Fsp3) is 0.346. The summed E-state index contributed by atoms with van der Waals surface area (Å²) >= 11 is 0. The highest BCUT2D eigenvalue weighted by Gasteiger charge is 2.40. The van der Waals surface area contributed by atoms with Gasteiger partial charge in [-0.1, -0.05) is 84.9 Å². The first kappa shape index (κ1) is 66.7. The standard InChI is InChI=1S/C27H28N4O3.C26H26N4O3.C25H24N4O3/c1-27(2,9-10-28)25-24(18-3-5-19(6-4-18)26(32)33)21-14-22-20(15-29-30-22)13-23(21)31(25)16-17-7-11-34-12-8-17;1-25(2,8-9-27)23-22(16-4-6-17(7-5-16)24(31)32)19-11-20-18(12-28-29-20)10-21(19)30(23)13-26(3)14-33-15-26;1-25(2,7-8-26)23-22(16-3-5-17(6-4-16)24(30)31)19-10-20-18(11-27-28-20)9-21(19)29(23)12-15-13-32-14-15/h3-6,13-15,17H,7-9,11-12,16H2,1-2H3,(H,29,30)(H,32,33);4-7,10-12H,8,13-15H2,1-3H3,(H,28,29)(H,31,32);3-6,9-11,15H,7,12-14H2,1-2H3,(H,27,28)(H,30,31). The Morgan fingerprint density at radius 3 is 1.13 bits per heavy atom. The molecule has 3 fully saturated rings. The van der Waals surface area contributed by atoms with Gasteiger partial charge >= 0.3 is 17.9 Å². The number of hydrogen-bond acceptors (Lipinski definition) is 12. The van der Waals surface area contributed by atoms with Crippen molar-refractivity contribution < 1.29 is 43.9 Å². The first-order valence-corrected chi connectivity index (χ1v) is 33.3. The van der Waals surface area contributed by atoms with Gasteiger partial charge in [-0.25, -0.2) is 14.4 Å². The fourth-order valence-electron chi connectivity index (χ4n) is 14.8. The minimum Gasteiger partial charge on any atom is -0.478 e. The van der Waals surface area contributed by atoms with E-state index in [4.69, 9.17) is 14.2 Å². The monoisotopic (exact) mass is 1330 g/mol. The van der Waals surface area contributed by atoms with Crippen LogP contribution in [-0.2, 0) is 50.1 Å². The second-order valence-corrected chi connectivity index (χ2v) is 29.0. The highest BCUT2D eigenvalue weighted by Crippen LogP contribution is 2.49. The van der Waals surface area contributed by atoms with E-state index < -0.39 is 34.2 Å². The third-order valence-corrected chi connectivity index (χ3v) is 20.0. The summed E-state index contributed by atoms with van der Waals surface area (Å²) in [6.07, 6.45) is 8.59. The number of carboxylic acids is 3. The molecule has 99 heavy (non-hydrogen) atoms. The van der Waals surface area contributed by atoms with Crippen molar-refractivity contribution in [2.24, 2.45) is 17.3 Å². The van der Waals surface area contributed by atoms with Crippen LogP contribution in [0.4, 0.5) is 0 Å². The van der Waals surface area contributed by atoms with Crippen molar-refractivity contribution in [1.29, 1.82) is 15.8 Å². The third-order valence-electron chi connectivity index (χ3n) is 20.0. The molecule has 0 atom stereocenters. The van der Waals surface area contributed by atoms with E-state index in [1.165, 1.54) is 0 Å². The lowest BCUT2D eigenvalue weighted by Crippen LogP contribution is -2.44. The Bertz CT molecular complexity index is 5220. The van der Waals surface area contributed by atoms with Gasteiger partial charge in [0.15, 0.2) is 0 Å². The molecule has 0 saturated carbocycles. The van der Waals surface area contributed by atoms with Gasteiger partial charge in [-0.2, -0.15) is 31.1 Å². The van der Waals surface area contributed by atoms with E-state index in [9.17, 15) is 45.5 Å². The van der Waals surface area contributed by atoms with Crippen molar-refractivity contribution in [2.45, 2.75) is 116 Å². The molecule has 3 aliphatic heterocycles. The van der Waals surface area contributed by atoms with E-state index in [2.05, 4.69) is 147 Å². The van der Waals surface area contributed by atoms with Gasteiger partial charge in [0, 0.05) is 162 Å². The van der Waals surface area contributed by atoms with Crippen LogP contribution in [0.5, 0.6) is 0 Å². The summed E-state index contributed by atoms with van der Waals surface area (Å²) in [4.78, 5) is 34.3. The minimum absolute atomic E-state index is 0.0131. The van der Waals surface area contributed by atoms with E-state index >= 15 is 0 Å². The number of fused-ring (bicyclic) bond motifs is 6. The molecule has 504 valence electrons. The molecule has 0 unspecified atom stereocenters. The number of aromatic nitrogens is 9. The zero-order valence-electron chi connectivity index (χ0n) is 56.5. The maximum atomic E-state index is 11.5. The molecule has 0 spiro atoms. The van der Waals surface area contributed by atoms with E-state index in [-0.39, 0.29) is 22.1 Å². The summed E-state index contributed by atoms with van der Waals surface area (Å²) in [5, 5.41) is 85.1. The Morgan fingerprint density at radius 1 is 0.495 bits per heavy atom. The third kappa shape index (κ3) is 12.8. The summed E-state index contributed by atoms with van der Waals surface area (Å²) in [5.41, 5.74) is 14.8. The molecule has 0 radical (unpaired) electrons. The molecule has 0 bridgehead atoms. The molecule has 15 rings (SSSR count). The summed E-state index contributed by atoms with van der Waals surface area (Å²) in [7, 11) is 0. The van der Waals surface area contributed by atoms with Crippen molar-refractivity contribution in [3.05, 3.63) is 162 Å². The molecule has 21 heteroatoms. The van der Waals surface area contributed by atoms with Crippen molar-refractivity contribution in [3.63, 3.8) is 0 Å². The van der Waals surface area contributed by atoms with Crippen molar-refractivity contribution in [3.8, 4) is 51.6 Å². The smallest absolute Gasteiger partial charge is 0.335 e. The zero-order valence-corrected chi connectivity index (χ0v) is 56.5. The van der Waals surface area contributed by atoms with Crippen LogP contribution < -0.4 is 0 Å². The number of benzene rings is 6. The molecule has 6 aromatic heterocycles. The van der Waals surface area contributed by atoms with Gasteiger partial charge in [0.1, 0.15) is 0 Å². The average Bonchev–Trinajstić information content (AvgIpc) is 1.59. The number of rotatable bonds is 18. The number of nitrogens with zero attached hydrogens (tertiary/aromatic N) is 9. The highest BCUT2D eigenvalue weighted by atomic mass is 16.5. The first-order valence-electron chi connectivity index (χ1n) is 33.3. The zero-order chi connectivity index (χ0) is 69.7. The number of nitriles is 3. The second-order valence-electron chi connectivity index (χ2n) is 29.0. The van der Waals surface area contributed by atoms with Crippen molar-refractivity contribution >= 4 is 83.3 Å². The highest BCUT2D eigenvalue weighted by molar-refractivity contribution is 6.08. The number of H-pyrrole nitrogens is 3. The Hall–Kier alpha value is -10.9. The van der Waals surface area contributed by atoms with Crippen LogP contribution in [0.15, 0.2) is 128 Å². The average molecular weight is 1330 g/mol. The number of carboxylic acid groups (broad SMARTS) is 3. The largest absolute Gasteiger partial charge is 0.478 e. The number of hydrogen-bond donors (Lipinski definition) is 6. The molecule has 3 saturated heterocycles. The van der Waals surface area contributed by atoms with Gasteiger partial charge in [0.05, 0.1) is 96.5 Å². The van der Waals surface area contributed by atoms with Gasteiger partial charge in [-0.3, -0.25) is 15.3 Å². The summed E-state index contributed by atoms with van der Waals surface area (Å²) in [6.45, 7) is 21.7. The van der Waals surface area contributed by atoms with Gasteiger partial charge in [0.25, 0.3) is 0 Å². The number of ether oxygens (including phenoxy) is 3. The van der Waals surface area contributed by atoms with Crippen LogP contribution in [0, 0.1) is 51.2 Å². The fourth-order valence-corrected chi connectivity index (χ4v) is 14.8. The molecule has 12 aromatic rings. The summed E-state index contributed by atoms with van der Waals surface area (Å²) < 4.78 is 23.7. The topological polar surface area (TPSA) is 312 Å². The van der Waals surface area contributed by atoms with Gasteiger partial charge in [0.2, 0.25) is 0 Å². The van der Waals surface area contributed by atoms with E-state index in [1.807, 2.05) is 55.0 Å². The number of carbonyl (C=O) groups is 3. The first-order chi connectivity index (χ1) is 47.5. The molecule has 6 N–H and O–H groups in total. The Labute approximate surface area is 571 Å². The lowest BCUT2D eigenvalue weighted by atomic mass is 9.81. The number of aromatic amines is 3. The van der Waals surface area contributed by atoms with Gasteiger partial charge in [-0.15, -0.1) is 0 Å². The summed E-state index contributed by atoms with van der Waals surface area (Å²) in [5.74, 6) is -1.94. The Morgan fingerprint density at radius 2 is 0.828 bits per heavy atom. The lowest BCUT2D eigenvalue weighted by molar-refractivity contribution is -0.110. The quantitative estimate of drug-likeness (QED) is 0.0465. The number of aromatic carboxylic acids is 3. The van der Waals surface area contributed by atoms with Gasteiger partial charge < -0.3 is 43.2 Å². The summed E-state index contributed by atoms with van der Waals surface area (Å²) in [6, 6.07) is 41.0. The van der Waals surface area contributed by atoms with Gasteiger partial charge in [-0.05, 0) is 108 Å². The Kier molecular flexibility index (Phi) is 17.9. The Balaban J connectivity index is 0.000000133. The molecular formula is C78H78N12O9. The predicted molar refractivity (Wildman–Crippen MR) is 379 cm³/mol. The van der Waals surface area contributed by atoms with Crippen molar-refractivity contribution in [2.75, 3.05) is 39.6 Å². The van der Waals surface area contributed by atoms with E-state index in [0.717, 1.165) is 175 Å². The molecule has 6 aromatic carbocycles. The maximum absolute atomic E-state index is 11.5. The van der Waals surface area contributed by atoms with Crippen molar-refractivity contribution in [1.82, 2.24) is 44.3 Å². The number of nitrogens with one attached hydrogen (secondary N) is 3. The molecule has 0 aliphatic carbocycles. The SMILES string of the molecule is CC(C)(CC#N)c1c(-c2ccc(C(=O)O)cc2)c2cc3[nH]ncc3cc2n1CC1CCOCC1.CC(C)(CC#N)c1c(-c2ccc(C(=O)O)cc2)c2cc3[nH]ncc3cc2n1CC1COC1.CC1(Cn2c(C(C)(C)CC#N)c(-c3ccc(C(=O)O)cc3)c3cc4[nH]ncc4cc32)COC1. The van der Waals surface area contributed by atoms with Crippen LogP contribution in [-0.4, -0.2) is 117 Å². The van der Waals surface area contributed by atoms with Crippen LogP contribution in [0.3, 0.4) is 0 Å². The van der Waals surface area contributed by atoms with Crippen LogP contribution in [0.1, 0.15) is 129 Å². The molecule has 21 nitrogen and oxygen atoms in total. The van der Waals surface area contributed by atoms with Crippen LogP contribution in [0.25, 0.3) is 98.8 Å². The van der Waals surface area contributed by atoms with E-state index in [0.29, 0.717) is 44.3 Å². The molecule has 9 heterocycles. The molecule has 0 amide bonds. The maximum Gasteiger partial charge on any atom is 0.335 e.